The molecule has 1 aliphatic rings. The third-order valence-corrected chi connectivity index (χ3v) is 6.59. The molecule has 10 heteroatoms. The van der Waals surface area contributed by atoms with Crippen LogP contribution >= 0.6 is 44.1 Å². The molecular formula is C25H17Br2FN2O4S. The number of methoxy groups -OCH3 is 1. The lowest BCUT2D eigenvalue weighted by Gasteiger charge is -2.29. The van der Waals surface area contributed by atoms with E-state index in [9.17, 15) is 14.0 Å². The fraction of sp³-hybridized carbons (Fsp3) is 0.0800. The molecule has 0 atom stereocenters. The van der Waals surface area contributed by atoms with Crippen molar-refractivity contribution >= 4 is 72.8 Å². The van der Waals surface area contributed by atoms with Crippen molar-refractivity contribution in [1.29, 1.82) is 0 Å². The standard InChI is InChI=1S/C25H17Br2FN2O4S/c1-33-21-11-15(18(27)12-22(21)34-13-14-6-8-16(26)9-7-14)10-17-23(31)29-25(35)30(24(17)32)20-5-3-2-4-19(20)28/h2-12H,13H2,1H3,(H,29,31,35)/b17-10+. The molecule has 35 heavy (non-hydrogen) atoms. The minimum Gasteiger partial charge on any atom is -0.493 e. The van der Waals surface area contributed by atoms with Gasteiger partial charge >= 0.3 is 0 Å². The Hall–Kier alpha value is -3.08. The molecule has 0 aliphatic carbocycles. The molecule has 0 aromatic heterocycles. The number of carbonyl (C=O) groups is 2. The highest BCUT2D eigenvalue weighted by atomic mass is 79.9. The number of nitrogens with zero attached hydrogens (tertiary/aromatic N) is 1. The number of ether oxygens (including phenoxy) is 2. The monoisotopic (exact) mass is 618 g/mol. The van der Waals surface area contributed by atoms with Crippen LogP contribution in [0.3, 0.4) is 0 Å². The van der Waals surface area contributed by atoms with Gasteiger partial charge in [0.15, 0.2) is 16.6 Å². The van der Waals surface area contributed by atoms with Gasteiger partial charge in [0.25, 0.3) is 11.8 Å². The minimum absolute atomic E-state index is 0.0539. The predicted octanol–water partition coefficient (Wildman–Crippen LogP) is 5.77. The molecular weight excluding hydrogens is 603 g/mol. The van der Waals surface area contributed by atoms with Gasteiger partial charge in [0.2, 0.25) is 0 Å². The molecule has 0 spiro atoms. The van der Waals surface area contributed by atoms with Gasteiger partial charge in [-0.05, 0) is 65.8 Å². The molecule has 0 unspecified atom stereocenters. The van der Waals surface area contributed by atoms with Crippen molar-refractivity contribution in [3.8, 4) is 11.5 Å². The Morgan fingerprint density at radius 3 is 2.46 bits per heavy atom. The molecule has 3 aromatic rings. The number of hydrogen-bond acceptors (Lipinski definition) is 5. The second-order valence-electron chi connectivity index (χ2n) is 7.35. The molecule has 3 aromatic carbocycles. The number of rotatable bonds is 6. The number of thiocarbonyl (C=S) groups is 1. The van der Waals surface area contributed by atoms with E-state index >= 15 is 0 Å². The SMILES string of the molecule is COc1cc(/C=C2\C(=O)NC(=S)N(c3ccccc3F)C2=O)c(Br)cc1OCc1ccc(Br)cc1. The molecule has 1 N–H and O–H groups in total. The number of para-hydroxylation sites is 1. The van der Waals surface area contributed by atoms with Crippen LogP contribution in [0.1, 0.15) is 11.1 Å². The molecule has 4 rings (SSSR count). The molecule has 1 fully saturated rings. The van der Waals surface area contributed by atoms with Gasteiger partial charge in [0.05, 0.1) is 12.8 Å². The van der Waals surface area contributed by atoms with E-state index in [0.717, 1.165) is 14.9 Å². The maximum Gasteiger partial charge on any atom is 0.270 e. The van der Waals surface area contributed by atoms with Crippen LogP contribution < -0.4 is 19.7 Å². The molecule has 1 saturated heterocycles. The quantitative estimate of drug-likeness (QED) is 0.216. The van der Waals surface area contributed by atoms with E-state index in [0.29, 0.717) is 28.1 Å². The number of amides is 2. The van der Waals surface area contributed by atoms with Gasteiger partial charge in [0, 0.05) is 8.95 Å². The van der Waals surface area contributed by atoms with Gasteiger partial charge in [-0.1, -0.05) is 56.1 Å². The number of nitrogens with one attached hydrogen (secondary N) is 1. The lowest BCUT2D eigenvalue weighted by molar-refractivity contribution is -0.122. The third-order valence-electron chi connectivity index (χ3n) is 5.09. The van der Waals surface area contributed by atoms with Crippen LogP contribution in [-0.2, 0) is 16.2 Å². The zero-order valence-electron chi connectivity index (χ0n) is 18.2. The van der Waals surface area contributed by atoms with Gasteiger partial charge in [0.1, 0.15) is 18.0 Å². The van der Waals surface area contributed by atoms with Crippen LogP contribution in [0, 0.1) is 5.82 Å². The van der Waals surface area contributed by atoms with Crippen molar-refractivity contribution in [2.24, 2.45) is 0 Å². The number of benzene rings is 3. The summed E-state index contributed by atoms with van der Waals surface area (Å²) in [5, 5.41) is 2.25. The van der Waals surface area contributed by atoms with Gasteiger partial charge < -0.3 is 9.47 Å². The Kier molecular flexibility index (Phi) is 7.63. The average molecular weight is 620 g/mol. The van der Waals surface area contributed by atoms with E-state index in [1.165, 1.54) is 31.4 Å². The second kappa shape index (κ2) is 10.7. The van der Waals surface area contributed by atoms with Crippen molar-refractivity contribution in [3.63, 3.8) is 0 Å². The maximum absolute atomic E-state index is 14.4. The summed E-state index contributed by atoms with van der Waals surface area (Å²) in [6.07, 6.45) is 1.39. The highest BCUT2D eigenvalue weighted by Gasteiger charge is 2.35. The third kappa shape index (κ3) is 5.44. The summed E-state index contributed by atoms with van der Waals surface area (Å²) in [4.78, 5) is 26.8. The van der Waals surface area contributed by atoms with Crippen molar-refractivity contribution < 1.29 is 23.5 Å². The lowest BCUT2D eigenvalue weighted by atomic mass is 10.1. The zero-order chi connectivity index (χ0) is 25.1. The van der Waals surface area contributed by atoms with Gasteiger partial charge in [-0.3, -0.25) is 14.9 Å². The molecule has 0 bridgehead atoms. The fourth-order valence-electron chi connectivity index (χ4n) is 3.34. The molecule has 1 aliphatic heterocycles. The Balaban J connectivity index is 1.65. The summed E-state index contributed by atoms with van der Waals surface area (Å²) in [6.45, 7) is 0.312. The van der Waals surface area contributed by atoms with E-state index in [-0.39, 0.29) is 16.4 Å². The smallest absolute Gasteiger partial charge is 0.270 e. The maximum atomic E-state index is 14.4. The number of carbonyl (C=O) groups excluding carboxylic acids is 2. The van der Waals surface area contributed by atoms with Gasteiger partial charge in [-0.15, -0.1) is 0 Å². The summed E-state index contributed by atoms with van der Waals surface area (Å²) in [6, 6.07) is 16.7. The van der Waals surface area contributed by atoms with Crippen molar-refractivity contribution in [2.45, 2.75) is 6.61 Å². The summed E-state index contributed by atoms with van der Waals surface area (Å²) in [5.74, 6) is -1.20. The zero-order valence-corrected chi connectivity index (χ0v) is 22.2. The number of anilines is 1. The van der Waals surface area contributed by atoms with Crippen LogP contribution in [0.25, 0.3) is 6.08 Å². The Labute approximate surface area is 223 Å². The summed E-state index contributed by atoms with van der Waals surface area (Å²) >= 11 is 12.0. The average Bonchev–Trinajstić information content (AvgIpc) is 2.83. The van der Waals surface area contributed by atoms with Crippen LogP contribution in [0.2, 0.25) is 0 Å². The molecule has 0 radical (unpaired) electrons. The van der Waals surface area contributed by atoms with E-state index in [1.54, 1.807) is 18.2 Å². The van der Waals surface area contributed by atoms with Crippen LogP contribution in [0.4, 0.5) is 10.1 Å². The molecule has 178 valence electrons. The van der Waals surface area contributed by atoms with Crippen LogP contribution in [-0.4, -0.2) is 24.0 Å². The van der Waals surface area contributed by atoms with Crippen molar-refractivity contribution in [2.75, 3.05) is 12.0 Å². The molecule has 6 nitrogen and oxygen atoms in total. The van der Waals surface area contributed by atoms with E-state index in [1.807, 2.05) is 24.3 Å². The Morgan fingerprint density at radius 1 is 1.06 bits per heavy atom. The summed E-state index contributed by atoms with van der Waals surface area (Å²) < 4.78 is 27.3. The van der Waals surface area contributed by atoms with Crippen LogP contribution in [0.15, 0.2) is 75.2 Å². The summed E-state index contributed by atoms with van der Waals surface area (Å²) in [5.41, 5.74) is 1.18. The Morgan fingerprint density at radius 2 is 1.77 bits per heavy atom. The van der Waals surface area contributed by atoms with Gasteiger partial charge in [-0.25, -0.2) is 9.29 Å². The minimum atomic E-state index is -0.745. The van der Waals surface area contributed by atoms with E-state index < -0.39 is 17.6 Å². The highest BCUT2D eigenvalue weighted by Crippen LogP contribution is 2.36. The first-order valence-electron chi connectivity index (χ1n) is 10.2. The Bertz CT molecular complexity index is 1360. The predicted molar refractivity (Wildman–Crippen MR) is 142 cm³/mol. The number of halogens is 3. The van der Waals surface area contributed by atoms with Crippen molar-refractivity contribution in [3.05, 3.63) is 92.1 Å². The summed E-state index contributed by atoms with van der Waals surface area (Å²) in [7, 11) is 1.49. The topological polar surface area (TPSA) is 67.9 Å². The van der Waals surface area contributed by atoms with Crippen molar-refractivity contribution in [1.82, 2.24) is 5.32 Å². The molecule has 1 heterocycles. The van der Waals surface area contributed by atoms with Crippen LogP contribution in [0.5, 0.6) is 11.5 Å². The highest BCUT2D eigenvalue weighted by molar-refractivity contribution is 9.10. The fourth-order valence-corrected chi connectivity index (χ4v) is 4.32. The first-order chi connectivity index (χ1) is 16.8. The van der Waals surface area contributed by atoms with E-state index in [2.05, 4.69) is 37.2 Å². The molecule has 2 amide bonds. The second-order valence-corrected chi connectivity index (χ2v) is 9.51. The first kappa shape index (κ1) is 25.0. The number of hydrogen-bond donors (Lipinski definition) is 1. The first-order valence-corrected chi connectivity index (χ1v) is 12.2. The largest absolute Gasteiger partial charge is 0.493 e. The lowest BCUT2D eigenvalue weighted by Crippen LogP contribution is -2.54. The van der Waals surface area contributed by atoms with E-state index in [4.69, 9.17) is 21.7 Å². The van der Waals surface area contributed by atoms with Gasteiger partial charge in [-0.2, -0.15) is 0 Å². The molecule has 0 saturated carbocycles. The normalized spacial score (nSPS) is 14.8.